The number of benzene rings is 1. The van der Waals surface area contributed by atoms with E-state index in [2.05, 4.69) is 48.9 Å². The van der Waals surface area contributed by atoms with E-state index in [0.717, 1.165) is 6.42 Å². The summed E-state index contributed by atoms with van der Waals surface area (Å²) in [5.74, 6) is 0. The average Bonchev–Trinajstić information content (AvgIpc) is 2.21. The van der Waals surface area contributed by atoms with E-state index in [1.807, 2.05) is 6.07 Å². The van der Waals surface area contributed by atoms with Gasteiger partial charge >= 0.3 is 37.7 Å². The molecular formula is C12H11Li2+. The Kier molecular flexibility index (Phi) is 6.99. The third kappa shape index (κ3) is 3.49. The molecule has 0 aromatic heterocycles. The van der Waals surface area contributed by atoms with Crippen LogP contribution in [0, 0.1) is 6.42 Å². The van der Waals surface area contributed by atoms with Crippen molar-refractivity contribution in [3.05, 3.63) is 60.5 Å². The standard InChI is InChI=1S/C12H11.2Li/c1-3-7-11(8-4-1)12-9-5-2-6-10-12;;/h1-5,7-10H,6H2;;/q-1;2*+1. The van der Waals surface area contributed by atoms with E-state index in [1.54, 1.807) is 0 Å². The molecule has 0 bridgehead atoms. The molecule has 1 aliphatic carbocycles. The topological polar surface area (TPSA) is 0 Å². The SMILES string of the molecule is C1=CC[CH-]C(c2ccccc2)=C1.[Li+].[Li+]. The summed E-state index contributed by atoms with van der Waals surface area (Å²) in [5.41, 5.74) is 2.64. The van der Waals surface area contributed by atoms with Crippen LogP contribution in [0.15, 0.2) is 48.6 Å². The summed E-state index contributed by atoms with van der Waals surface area (Å²) in [4.78, 5) is 0. The van der Waals surface area contributed by atoms with Crippen LogP contribution < -0.4 is 37.7 Å². The summed E-state index contributed by atoms with van der Waals surface area (Å²) in [7, 11) is 0. The van der Waals surface area contributed by atoms with Gasteiger partial charge in [0.25, 0.3) is 0 Å². The Balaban J connectivity index is 0.000000845. The Morgan fingerprint density at radius 3 is 2.29 bits per heavy atom. The second-order valence-electron chi connectivity index (χ2n) is 2.86. The zero-order valence-corrected chi connectivity index (χ0v) is 8.90. The predicted octanol–water partition coefficient (Wildman–Crippen LogP) is -2.76. The van der Waals surface area contributed by atoms with E-state index in [-0.39, 0.29) is 37.7 Å². The van der Waals surface area contributed by atoms with Crippen molar-refractivity contribution in [2.45, 2.75) is 6.42 Å². The van der Waals surface area contributed by atoms with Crippen molar-refractivity contribution in [1.29, 1.82) is 0 Å². The largest absolute Gasteiger partial charge is 1.00 e. The van der Waals surface area contributed by atoms with Crippen molar-refractivity contribution in [2.24, 2.45) is 0 Å². The molecule has 0 fully saturated rings. The van der Waals surface area contributed by atoms with E-state index >= 15 is 0 Å². The first-order valence-electron chi connectivity index (χ1n) is 4.22. The molecular weight excluding hydrogens is 158 g/mol. The van der Waals surface area contributed by atoms with E-state index in [0.29, 0.717) is 0 Å². The van der Waals surface area contributed by atoms with Gasteiger partial charge in [-0.05, 0) is 0 Å². The molecule has 0 saturated heterocycles. The number of rotatable bonds is 1. The maximum absolute atomic E-state index is 2.25. The van der Waals surface area contributed by atoms with Gasteiger partial charge in [0.2, 0.25) is 0 Å². The van der Waals surface area contributed by atoms with Crippen LogP contribution in [0.1, 0.15) is 12.0 Å². The first-order chi connectivity index (χ1) is 5.97. The number of hydrogen-bond donors (Lipinski definition) is 0. The maximum atomic E-state index is 2.25. The fourth-order valence-corrected chi connectivity index (χ4v) is 1.36. The molecule has 0 atom stereocenters. The van der Waals surface area contributed by atoms with Gasteiger partial charge in [-0.15, -0.1) is 29.8 Å². The second-order valence-corrected chi connectivity index (χ2v) is 2.86. The summed E-state index contributed by atoms with van der Waals surface area (Å²) in [5, 5.41) is 0. The molecule has 1 aliphatic rings. The monoisotopic (exact) mass is 169 g/mol. The van der Waals surface area contributed by atoms with Gasteiger partial charge in [0.15, 0.2) is 0 Å². The third-order valence-corrected chi connectivity index (χ3v) is 1.99. The zero-order chi connectivity index (χ0) is 8.23. The summed E-state index contributed by atoms with van der Waals surface area (Å²) < 4.78 is 0. The van der Waals surface area contributed by atoms with E-state index in [1.165, 1.54) is 11.1 Å². The van der Waals surface area contributed by atoms with Crippen LogP contribution in [-0.2, 0) is 0 Å². The molecule has 2 heteroatoms. The average molecular weight is 169 g/mol. The maximum Gasteiger partial charge on any atom is 1.00 e. The predicted molar refractivity (Wildman–Crippen MR) is 52.5 cm³/mol. The Morgan fingerprint density at radius 1 is 1.00 bits per heavy atom. The fourth-order valence-electron chi connectivity index (χ4n) is 1.36. The van der Waals surface area contributed by atoms with Crippen LogP contribution in [0.5, 0.6) is 0 Å². The van der Waals surface area contributed by atoms with Gasteiger partial charge < -0.3 is 0 Å². The van der Waals surface area contributed by atoms with Crippen molar-refractivity contribution in [1.82, 2.24) is 0 Å². The molecule has 0 N–H and O–H groups in total. The molecule has 0 heterocycles. The first kappa shape index (κ1) is 13.8. The van der Waals surface area contributed by atoms with Gasteiger partial charge in [0.1, 0.15) is 0 Å². The third-order valence-electron chi connectivity index (χ3n) is 1.99. The molecule has 14 heavy (non-hydrogen) atoms. The summed E-state index contributed by atoms with van der Waals surface area (Å²) in [6, 6.07) is 10.5. The summed E-state index contributed by atoms with van der Waals surface area (Å²) >= 11 is 0. The Labute approximate surface area is 110 Å². The Hall–Kier alpha value is -0.235. The van der Waals surface area contributed by atoms with Gasteiger partial charge in [0, 0.05) is 0 Å². The van der Waals surface area contributed by atoms with Crippen molar-refractivity contribution in [3.8, 4) is 0 Å². The quantitative estimate of drug-likeness (QED) is 0.315. The molecule has 0 saturated carbocycles. The van der Waals surface area contributed by atoms with Gasteiger partial charge in [-0.2, -0.15) is 18.1 Å². The number of hydrogen-bond acceptors (Lipinski definition) is 0. The van der Waals surface area contributed by atoms with Crippen LogP contribution in [0.4, 0.5) is 0 Å². The van der Waals surface area contributed by atoms with Crippen LogP contribution in [0.2, 0.25) is 0 Å². The molecule has 0 spiro atoms. The second kappa shape index (κ2) is 7.11. The molecule has 2 rings (SSSR count). The smallest absolute Gasteiger partial charge is 0.185 e. The first-order valence-corrected chi connectivity index (χ1v) is 4.22. The van der Waals surface area contributed by atoms with Gasteiger partial charge in [0.05, 0.1) is 0 Å². The molecule has 60 valence electrons. The molecule has 0 radical (unpaired) electrons. The molecule has 1 aromatic carbocycles. The van der Waals surface area contributed by atoms with Gasteiger partial charge in [-0.25, -0.2) is 0 Å². The molecule has 0 nitrogen and oxygen atoms in total. The molecule has 0 unspecified atom stereocenters. The van der Waals surface area contributed by atoms with Crippen molar-refractivity contribution >= 4 is 5.57 Å². The van der Waals surface area contributed by atoms with Crippen molar-refractivity contribution in [3.63, 3.8) is 0 Å². The Bertz CT molecular complexity index is 312. The van der Waals surface area contributed by atoms with Crippen LogP contribution in [-0.4, -0.2) is 0 Å². The van der Waals surface area contributed by atoms with Gasteiger partial charge in [-0.1, -0.05) is 24.6 Å². The summed E-state index contributed by atoms with van der Waals surface area (Å²) in [6.45, 7) is 0. The number of allylic oxidation sites excluding steroid dienone is 4. The van der Waals surface area contributed by atoms with E-state index in [4.69, 9.17) is 0 Å². The summed E-state index contributed by atoms with van der Waals surface area (Å²) in [6.07, 6.45) is 9.73. The zero-order valence-electron chi connectivity index (χ0n) is 8.90. The van der Waals surface area contributed by atoms with Crippen molar-refractivity contribution in [2.75, 3.05) is 0 Å². The van der Waals surface area contributed by atoms with E-state index in [9.17, 15) is 0 Å². The minimum absolute atomic E-state index is 0. The molecule has 1 aromatic rings. The van der Waals surface area contributed by atoms with Crippen LogP contribution >= 0.6 is 0 Å². The normalized spacial score (nSPS) is 13.0. The van der Waals surface area contributed by atoms with Gasteiger partial charge in [-0.3, -0.25) is 0 Å². The van der Waals surface area contributed by atoms with E-state index < -0.39 is 0 Å². The minimum Gasteiger partial charge on any atom is -0.185 e. The van der Waals surface area contributed by atoms with Crippen LogP contribution in [0.25, 0.3) is 5.57 Å². The Morgan fingerprint density at radius 2 is 1.71 bits per heavy atom. The van der Waals surface area contributed by atoms with Crippen molar-refractivity contribution < 1.29 is 37.7 Å². The molecule has 0 aliphatic heterocycles. The minimum atomic E-state index is 0. The molecule has 0 amide bonds. The fraction of sp³-hybridized carbons (Fsp3) is 0.0833. The van der Waals surface area contributed by atoms with Crippen LogP contribution in [0.3, 0.4) is 0 Å².